The van der Waals surface area contributed by atoms with E-state index in [1.807, 2.05) is 6.07 Å². The highest BCUT2D eigenvalue weighted by atomic mass is 17.2. The normalized spacial score (nSPS) is 11.9. The standard InChI is InChI=1S/C10H12O4/c1-8(12-2)10(11)14-13-9-6-4-3-5-7-9/h3-8H,1-2H3. The van der Waals surface area contributed by atoms with Crippen molar-refractivity contribution in [3.8, 4) is 5.75 Å². The van der Waals surface area contributed by atoms with E-state index < -0.39 is 12.1 Å². The Morgan fingerprint density at radius 1 is 1.29 bits per heavy atom. The van der Waals surface area contributed by atoms with Gasteiger partial charge in [-0.25, -0.2) is 9.68 Å². The van der Waals surface area contributed by atoms with Crippen molar-refractivity contribution in [2.24, 2.45) is 0 Å². The molecule has 0 saturated heterocycles. The van der Waals surface area contributed by atoms with Crippen LogP contribution in [0, 0.1) is 0 Å². The smallest absolute Gasteiger partial charge is 0.370 e. The Kier molecular flexibility index (Phi) is 3.94. The highest BCUT2D eigenvalue weighted by Crippen LogP contribution is 2.09. The van der Waals surface area contributed by atoms with Crippen molar-refractivity contribution >= 4 is 5.97 Å². The molecule has 0 saturated carbocycles. The van der Waals surface area contributed by atoms with Crippen molar-refractivity contribution in [2.75, 3.05) is 7.11 Å². The molecule has 1 aromatic carbocycles. The summed E-state index contributed by atoms with van der Waals surface area (Å²) in [6.45, 7) is 1.58. The van der Waals surface area contributed by atoms with Crippen LogP contribution in [-0.2, 0) is 14.4 Å². The van der Waals surface area contributed by atoms with Gasteiger partial charge < -0.3 is 4.74 Å². The molecule has 0 spiro atoms. The third kappa shape index (κ3) is 3.06. The van der Waals surface area contributed by atoms with Crippen LogP contribution < -0.4 is 4.89 Å². The summed E-state index contributed by atoms with van der Waals surface area (Å²) in [6, 6.07) is 8.77. The summed E-state index contributed by atoms with van der Waals surface area (Å²) in [5, 5.41) is 0. The Hall–Kier alpha value is -1.55. The predicted molar refractivity (Wildman–Crippen MR) is 49.6 cm³/mol. The monoisotopic (exact) mass is 196 g/mol. The number of ether oxygens (including phenoxy) is 1. The molecule has 1 aromatic rings. The Bertz CT molecular complexity index is 283. The average Bonchev–Trinajstić information content (AvgIpc) is 2.26. The summed E-state index contributed by atoms with van der Waals surface area (Å²) < 4.78 is 4.75. The second-order valence-corrected chi connectivity index (χ2v) is 2.68. The van der Waals surface area contributed by atoms with E-state index in [1.165, 1.54) is 7.11 Å². The van der Waals surface area contributed by atoms with Crippen LogP contribution in [-0.4, -0.2) is 19.2 Å². The Balaban J connectivity index is 2.38. The molecule has 0 aliphatic rings. The molecule has 1 atom stereocenters. The lowest BCUT2D eigenvalue weighted by molar-refractivity contribution is -0.223. The Labute approximate surface area is 82.3 Å². The van der Waals surface area contributed by atoms with Gasteiger partial charge in [-0.1, -0.05) is 18.2 Å². The minimum absolute atomic E-state index is 0.476. The summed E-state index contributed by atoms with van der Waals surface area (Å²) >= 11 is 0. The van der Waals surface area contributed by atoms with Crippen LogP contribution in [0.25, 0.3) is 0 Å². The van der Waals surface area contributed by atoms with E-state index in [-0.39, 0.29) is 0 Å². The number of carbonyl (C=O) groups excluding carboxylic acids is 1. The molecular formula is C10H12O4. The third-order valence-electron chi connectivity index (χ3n) is 1.65. The van der Waals surface area contributed by atoms with E-state index in [4.69, 9.17) is 9.62 Å². The van der Waals surface area contributed by atoms with Crippen LogP contribution in [0.5, 0.6) is 5.75 Å². The Morgan fingerprint density at radius 2 is 1.93 bits per heavy atom. The molecule has 1 rings (SSSR count). The van der Waals surface area contributed by atoms with Crippen LogP contribution in [0.15, 0.2) is 30.3 Å². The first-order chi connectivity index (χ1) is 6.74. The molecule has 1 unspecified atom stereocenters. The topological polar surface area (TPSA) is 44.8 Å². The van der Waals surface area contributed by atoms with Crippen LogP contribution in [0.2, 0.25) is 0 Å². The second-order valence-electron chi connectivity index (χ2n) is 2.68. The molecule has 4 nitrogen and oxygen atoms in total. The maximum atomic E-state index is 11.1. The third-order valence-corrected chi connectivity index (χ3v) is 1.65. The fourth-order valence-electron chi connectivity index (χ4n) is 0.729. The van der Waals surface area contributed by atoms with E-state index in [0.717, 1.165) is 0 Å². The fraction of sp³-hybridized carbons (Fsp3) is 0.300. The number of methoxy groups -OCH3 is 1. The number of carbonyl (C=O) groups is 1. The van der Waals surface area contributed by atoms with Crippen molar-refractivity contribution in [3.05, 3.63) is 30.3 Å². The quantitative estimate of drug-likeness (QED) is 0.541. The lowest BCUT2D eigenvalue weighted by Crippen LogP contribution is -2.23. The molecule has 0 N–H and O–H groups in total. The van der Waals surface area contributed by atoms with Gasteiger partial charge in [0, 0.05) is 7.11 Å². The number of rotatable bonds is 4. The molecule has 0 aliphatic carbocycles. The second kappa shape index (κ2) is 5.24. The summed E-state index contributed by atoms with van der Waals surface area (Å²) in [6.07, 6.45) is -0.626. The largest absolute Gasteiger partial charge is 0.383 e. The maximum absolute atomic E-state index is 11.1. The van der Waals surface area contributed by atoms with Gasteiger partial charge in [-0.05, 0) is 19.1 Å². The van der Waals surface area contributed by atoms with Crippen LogP contribution in [0.1, 0.15) is 6.92 Å². The first-order valence-corrected chi connectivity index (χ1v) is 4.20. The van der Waals surface area contributed by atoms with Crippen molar-refractivity contribution in [1.82, 2.24) is 0 Å². The van der Waals surface area contributed by atoms with E-state index in [9.17, 15) is 4.79 Å². The zero-order valence-corrected chi connectivity index (χ0v) is 8.10. The summed E-state index contributed by atoms with van der Waals surface area (Å²) in [5.41, 5.74) is 0. The summed E-state index contributed by atoms with van der Waals surface area (Å²) in [4.78, 5) is 20.4. The molecular weight excluding hydrogens is 184 g/mol. The molecule has 0 aromatic heterocycles. The minimum Gasteiger partial charge on any atom is -0.370 e. The van der Waals surface area contributed by atoms with E-state index in [1.54, 1.807) is 31.2 Å². The summed E-state index contributed by atoms with van der Waals surface area (Å²) in [5.74, 6) is -0.0829. The highest BCUT2D eigenvalue weighted by molar-refractivity contribution is 5.73. The van der Waals surface area contributed by atoms with Gasteiger partial charge in [0.25, 0.3) is 0 Å². The zero-order valence-electron chi connectivity index (χ0n) is 8.10. The van der Waals surface area contributed by atoms with Gasteiger partial charge in [-0.2, -0.15) is 0 Å². The molecule has 4 heteroatoms. The van der Waals surface area contributed by atoms with Gasteiger partial charge in [-0.15, -0.1) is 0 Å². The Morgan fingerprint density at radius 3 is 2.50 bits per heavy atom. The SMILES string of the molecule is COC(C)C(=O)OOc1ccccc1. The number of hydrogen-bond donors (Lipinski definition) is 0. The van der Waals surface area contributed by atoms with E-state index in [0.29, 0.717) is 5.75 Å². The molecule has 0 fully saturated rings. The van der Waals surface area contributed by atoms with Crippen LogP contribution in [0.4, 0.5) is 0 Å². The van der Waals surface area contributed by atoms with E-state index in [2.05, 4.69) is 4.89 Å². The van der Waals surface area contributed by atoms with Crippen molar-refractivity contribution in [1.29, 1.82) is 0 Å². The molecule has 0 aliphatic heterocycles. The van der Waals surface area contributed by atoms with Gasteiger partial charge in [0.1, 0.15) is 0 Å². The fourth-order valence-corrected chi connectivity index (χ4v) is 0.729. The van der Waals surface area contributed by atoms with Gasteiger partial charge in [0.05, 0.1) is 0 Å². The molecule has 0 heterocycles. The molecule has 0 radical (unpaired) electrons. The van der Waals surface area contributed by atoms with Crippen LogP contribution in [0.3, 0.4) is 0 Å². The zero-order chi connectivity index (χ0) is 10.4. The highest BCUT2D eigenvalue weighted by Gasteiger charge is 2.14. The van der Waals surface area contributed by atoms with Crippen molar-refractivity contribution < 1.29 is 19.3 Å². The van der Waals surface area contributed by atoms with Gasteiger partial charge in [0.2, 0.25) is 0 Å². The lowest BCUT2D eigenvalue weighted by Gasteiger charge is -2.07. The number of para-hydroxylation sites is 1. The van der Waals surface area contributed by atoms with Gasteiger partial charge in [-0.3, -0.25) is 4.89 Å². The van der Waals surface area contributed by atoms with Gasteiger partial charge in [0.15, 0.2) is 11.9 Å². The molecule has 76 valence electrons. The average molecular weight is 196 g/mol. The van der Waals surface area contributed by atoms with E-state index >= 15 is 0 Å². The molecule has 0 bridgehead atoms. The predicted octanol–water partition coefficient (Wildman–Crippen LogP) is 1.56. The number of hydrogen-bond acceptors (Lipinski definition) is 4. The first-order valence-electron chi connectivity index (χ1n) is 4.20. The van der Waals surface area contributed by atoms with Gasteiger partial charge >= 0.3 is 5.97 Å². The van der Waals surface area contributed by atoms with Crippen molar-refractivity contribution in [2.45, 2.75) is 13.0 Å². The molecule has 0 amide bonds. The summed E-state index contributed by atoms with van der Waals surface area (Å²) in [7, 11) is 1.43. The lowest BCUT2D eigenvalue weighted by atomic mass is 10.3. The first kappa shape index (κ1) is 10.5. The maximum Gasteiger partial charge on any atom is 0.383 e. The van der Waals surface area contributed by atoms with Crippen molar-refractivity contribution in [3.63, 3.8) is 0 Å². The molecule has 14 heavy (non-hydrogen) atoms. The minimum atomic E-state index is -0.626. The number of benzene rings is 1. The van der Waals surface area contributed by atoms with Crippen LogP contribution >= 0.6 is 0 Å².